The topological polar surface area (TPSA) is 69.6 Å². The molecule has 0 fully saturated rings. The Morgan fingerprint density at radius 3 is 1.85 bits per heavy atom. The van der Waals surface area contributed by atoms with Crippen LogP contribution in [0.5, 0.6) is 0 Å². The molecule has 334 valence electrons. The molecule has 6 nitrogen and oxygen atoms in total. The van der Waals surface area contributed by atoms with E-state index in [1.807, 2.05) is 18.2 Å². The fourth-order valence-electron chi connectivity index (χ4n) is 11.1. The van der Waals surface area contributed by atoms with E-state index in [1.54, 1.807) is 6.20 Å². The molecule has 4 heterocycles. The minimum absolute atomic E-state index is 0.532. The third kappa shape index (κ3) is 6.36. The Balaban J connectivity index is 0.874. The summed E-state index contributed by atoms with van der Waals surface area (Å²) in [6.07, 6.45) is 1.80. The van der Waals surface area contributed by atoms with Crippen molar-refractivity contribution in [2.24, 2.45) is 0 Å². The van der Waals surface area contributed by atoms with Gasteiger partial charge in [0, 0.05) is 55.5 Å². The summed E-state index contributed by atoms with van der Waals surface area (Å²) in [6, 6.07) is 82.1. The first kappa shape index (κ1) is 40.1. The molecule has 0 atom stereocenters. The van der Waals surface area contributed by atoms with Crippen LogP contribution in [0.3, 0.4) is 0 Å². The first-order valence-corrected chi connectivity index (χ1v) is 24.3. The maximum atomic E-state index is 6.12. The van der Waals surface area contributed by atoms with E-state index in [9.17, 15) is 0 Å². The van der Waals surface area contributed by atoms with Crippen molar-refractivity contribution in [3.8, 4) is 62.1 Å². The van der Waals surface area contributed by atoms with Crippen molar-refractivity contribution < 1.29 is 4.42 Å². The van der Waals surface area contributed by atoms with E-state index in [2.05, 4.69) is 217 Å². The molecule has 72 heavy (non-hydrogen) atoms. The molecule has 15 aromatic rings. The van der Waals surface area contributed by atoms with Gasteiger partial charge in [0.25, 0.3) is 0 Å². The van der Waals surface area contributed by atoms with Gasteiger partial charge in [-0.15, -0.1) is 0 Å². The number of fused-ring (bicyclic) bond motifs is 12. The van der Waals surface area contributed by atoms with Crippen molar-refractivity contribution in [3.05, 3.63) is 237 Å². The quantitative estimate of drug-likeness (QED) is 0.155. The van der Waals surface area contributed by atoms with E-state index < -0.39 is 0 Å². The Morgan fingerprint density at radius 2 is 0.986 bits per heavy atom. The van der Waals surface area contributed by atoms with Gasteiger partial charge in [-0.3, -0.25) is 0 Å². The second kappa shape index (κ2) is 15.9. The minimum atomic E-state index is 0.532. The number of nitrogens with zero attached hydrogens (tertiary/aromatic N) is 5. The van der Waals surface area contributed by atoms with Crippen LogP contribution in [0.2, 0.25) is 0 Å². The van der Waals surface area contributed by atoms with Crippen LogP contribution in [0.25, 0.3) is 149 Å². The third-order valence-electron chi connectivity index (χ3n) is 14.5. The molecule has 0 amide bonds. The summed E-state index contributed by atoms with van der Waals surface area (Å²) >= 11 is 0. The average molecular weight is 918 g/mol. The Morgan fingerprint density at radius 1 is 0.333 bits per heavy atom. The highest BCUT2D eigenvalue weighted by Crippen LogP contribution is 2.43. The molecule has 6 heteroatoms. The smallest absolute Gasteiger partial charge is 0.227 e. The summed E-state index contributed by atoms with van der Waals surface area (Å²) < 4.78 is 8.57. The molecule has 11 aromatic carbocycles. The van der Waals surface area contributed by atoms with Gasteiger partial charge in [-0.25, -0.2) is 19.9 Å². The Kier molecular flexibility index (Phi) is 8.86. The minimum Gasteiger partial charge on any atom is -0.438 e. The lowest BCUT2D eigenvalue weighted by Gasteiger charge is -2.13. The summed E-state index contributed by atoms with van der Waals surface area (Å²) in [5, 5.41) is 13.8. The number of para-hydroxylation sites is 1. The lowest BCUT2D eigenvalue weighted by Crippen LogP contribution is -2.01. The van der Waals surface area contributed by atoms with Crippen LogP contribution in [-0.4, -0.2) is 24.5 Å². The van der Waals surface area contributed by atoms with Gasteiger partial charge in [0.15, 0.2) is 17.5 Å². The molecular formula is C66H39N5O. The highest BCUT2D eigenvalue weighted by molar-refractivity contribution is 6.22. The zero-order valence-corrected chi connectivity index (χ0v) is 38.7. The molecule has 4 aromatic heterocycles. The Bertz CT molecular complexity index is 4700. The zero-order chi connectivity index (χ0) is 47.3. The Hall–Kier alpha value is -9.78. The predicted octanol–water partition coefficient (Wildman–Crippen LogP) is 17.2. The number of pyridine rings is 1. The van der Waals surface area contributed by atoms with Gasteiger partial charge >= 0.3 is 0 Å². The van der Waals surface area contributed by atoms with Crippen LogP contribution < -0.4 is 0 Å². The predicted molar refractivity (Wildman–Crippen MR) is 296 cm³/mol. The summed E-state index contributed by atoms with van der Waals surface area (Å²) in [6.45, 7) is 0. The number of furan rings is 1. The fourth-order valence-corrected chi connectivity index (χ4v) is 11.1. The average Bonchev–Trinajstić information content (AvgIpc) is 4.01. The molecule has 0 saturated heterocycles. The molecule has 0 saturated carbocycles. The number of rotatable bonds is 6. The van der Waals surface area contributed by atoms with Gasteiger partial charge < -0.3 is 8.98 Å². The first-order valence-electron chi connectivity index (χ1n) is 24.3. The van der Waals surface area contributed by atoms with Crippen LogP contribution in [-0.2, 0) is 0 Å². The first-order chi connectivity index (χ1) is 35.7. The maximum absolute atomic E-state index is 6.12. The van der Waals surface area contributed by atoms with Crippen molar-refractivity contribution in [2.45, 2.75) is 0 Å². The highest BCUT2D eigenvalue weighted by Gasteiger charge is 2.21. The van der Waals surface area contributed by atoms with Gasteiger partial charge in [-0.2, -0.15) is 0 Å². The van der Waals surface area contributed by atoms with Gasteiger partial charge in [0.05, 0.1) is 11.0 Å². The zero-order valence-electron chi connectivity index (χ0n) is 38.7. The number of hydrogen-bond acceptors (Lipinski definition) is 5. The molecule has 0 spiro atoms. The van der Waals surface area contributed by atoms with Crippen LogP contribution in [0.15, 0.2) is 241 Å². The number of benzene rings is 11. The normalized spacial score (nSPS) is 11.9. The molecule has 0 bridgehead atoms. The molecule has 0 unspecified atom stereocenters. The molecule has 0 radical (unpaired) electrons. The third-order valence-corrected chi connectivity index (χ3v) is 14.5. The van der Waals surface area contributed by atoms with E-state index in [4.69, 9.17) is 24.4 Å². The molecular weight excluding hydrogens is 879 g/mol. The molecule has 0 aliphatic heterocycles. The lowest BCUT2D eigenvalue weighted by molar-refractivity contribution is 0.654. The van der Waals surface area contributed by atoms with Gasteiger partial charge in [0.2, 0.25) is 5.71 Å². The summed E-state index contributed by atoms with van der Waals surface area (Å²) in [5.41, 5.74) is 12.0. The van der Waals surface area contributed by atoms with Crippen molar-refractivity contribution in [1.29, 1.82) is 0 Å². The lowest BCUT2D eigenvalue weighted by atomic mass is 9.96. The van der Waals surface area contributed by atoms with Crippen molar-refractivity contribution in [1.82, 2.24) is 24.5 Å². The molecule has 0 aliphatic carbocycles. The summed E-state index contributed by atoms with van der Waals surface area (Å²) in [4.78, 5) is 20.6. The summed E-state index contributed by atoms with van der Waals surface area (Å²) in [5.74, 6) is 1.69. The van der Waals surface area contributed by atoms with Gasteiger partial charge in [-0.05, 0) is 108 Å². The van der Waals surface area contributed by atoms with Crippen molar-refractivity contribution in [2.75, 3.05) is 0 Å². The monoisotopic (exact) mass is 917 g/mol. The molecule has 15 rings (SSSR count). The standard InChI is InChI=1S/C66H39N5O/c1-2-15-43-35-46(28-27-40(43)13-1)51-24-12-25-59-61(51)56-34-31-42-14-3-6-20-52(42)62(56)71(59)49-32-29-41(30-33-49)44-17-11-18-47(36-44)63-68-64(48-38-58-55-23-9-10-26-60(55)72-66(58)67-39-48)70-65(69-63)57-37-45-16-4-5-19-50(45)53-21-7-8-22-54(53)57/h1-39H. The SMILES string of the molecule is c1cc(-c2ccc(-n3c4cccc(-c5ccc6ccccc6c5)c4c4ccc5ccccc5c43)cc2)cc(-c2nc(-c3cnc4oc5ccccc5c4c3)nc(-c3cc4ccccc4c4ccccc34)n2)c1. The van der Waals surface area contributed by atoms with Crippen LogP contribution in [0.1, 0.15) is 0 Å². The Labute approximate surface area is 412 Å². The van der Waals surface area contributed by atoms with Crippen LogP contribution in [0, 0.1) is 0 Å². The number of hydrogen-bond donors (Lipinski definition) is 0. The summed E-state index contributed by atoms with van der Waals surface area (Å²) in [7, 11) is 0. The number of aromatic nitrogens is 5. The molecule has 0 N–H and O–H groups in total. The molecule has 0 aliphatic rings. The fraction of sp³-hybridized carbons (Fsp3) is 0. The largest absolute Gasteiger partial charge is 0.438 e. The second-order valence-electron chi connectivity index (χ2n) is 18.6. The van der Waals surface area contributed by atoms with Crippen molar-refractivity contribution in [3.63, 3.8) is 0 Å². The van der Waals surface area contributed by atoms with Crippen LogP contribution in [0.4, 0.5) is 0 Å². The van der Waals surface area contributed by atoms with Gasteiger partial charge in [-0.1, -0.05) is 182 Å². The van der Waals surface area contributed by atoms with E-state index in [0.29, 0.717) is 23.2 Å². The van der Waals surface area contributed by atoms with Crippen LogP contribution >= 0.6 is 0 Å². The van der Waals surface area contributed by atoms with E-state index in [1.165, 1.54) is 54.3 Å². The second-order valence-corrected chi connectivity index (χ2v) is 18.6. The highest BCUT2D eigenvalue weighted by atomic mass is 16.3. The van der Waals surface area contributed by atoms with E-state index >= 15 is 0 Å². The van der Waals surface area contributed by atoms with E-state index in [-0.39, 0.29) is 0 Å². The van der Waals surface area contributed by atoms with E-state index in [0.717, 1.165) is 71.5 Å². The van der Waals surface area contributed by atoms with Gasteiger partial charge in [0.1, 0.15) is 5.58 Å². The van der Waals surface area contributed by atoms with Crippen molar-refractivity contribution >= 4 is 87.0 Å². The maximum Gasteiger partial charge on any atom is 0.227 e.